The Bertz CT molecular complexity index is 722. The molecule has 1 aliphatic rings. The number of aryl methyl sites for hydroxylation is 1. The minimum Gasteiger partial charge on any atom is -0.480 e. The molecule has 1 fully saturated rings. The van der Waals surface area contributed by atoms with Crippen molar-refractivity contribution < 1.29 is 19.8 Å². The van der Waals surface area contributed by atoms with Crippen LogP contribution in [0.15, 0.2) is 30.5 Å². The molecule has 1 amide bonds. The number of rotatable bonds is 2. The Balaban J connectivity index is 2.02. The first-order valence-electron chi connectivity index (χ1n) is 6.75. The zero-order valence-corrected chi connectivity index (χ0v) is 11.6. The summed E-state index contributed by atoms with van der Waals surface area (Å²) in [6, 6.07) is 6.50. The molecule has 1 aromatic heterocycles. The summed E-state index contributed by atoms with van der Waals surface area (Å²) in [5.41, 5.74) is 1.38. The Morgan fingerprint density at radius 1 is 1.29 bits per heavy atom. The van der Waals surface area contributed by atoms with Crippen molar-refractivity contribution in [3.05, 3.63) is 36.0 Å². The van der Waals surface area contributed by atoms with E-state index in [9.17, 15) is 19.8 Å². The van der Waals surface area contributed by atoms with Crippen LogP contribution in [-0.2, 0) is 11.8 Å². The van der Waals surface area contributed by atoms with Gasteiger partial charge < -0.3 is 19.7 Å². The van der Waals surface area contributed by atoms with Gasteiger partial charge in [-0.2, -0.15) is 0 Å². The minimum atomic E-state index is -1.08. The lowest BCUT2D eigenvalue weighted by Gasteiger charge is -2.20. The highest BCUT2D eigenvalue weighted by Crippen LogP contribution is 2.26. The molecule has 2 aromatic rings. The van der Waals surface area contributed by atoms with Gasteiger partial charge in [0.25, 0.3) is 5.91 Å². The van der Waals surface area contributed by atoms with E-state index in [0.717, 1.165) is 10.9 Å². The average Bonchev–Trinajstić information content (AvgIpc) is 3.00. The zero-order valence-electron chi connectivity index (χ0n) is 11.6. The third-order valence-corrected chi connectivity index (χ3v) is 3.95. The number of carboxylic acid groups (broad SMARTS) is 1. The van der Waals surface area contributed by atoms with Crippen LogP contribution < -0.4 is 0 Å². The molecule has 1 unspecified atom stereocenters. The summed E-state index contributed by atoms with van der Waals surface area (Å²) < 4.78 is 1.84. The topological polar surface area (TPSA) is 82.8 Å². The second kappa shape index (κ2) is 4.89. The Labute approximate surface area is 121 Å². The summed E-state index contributed by atoms with van der Waals surface area (Å²) >= 11 is 0. The van der Waals surface area contributed by atoms with Crippen molar-refractivity contribution in [2.24, 2.45) is 7.05 Å². The maximum absolute atomic E-state index is 12.7. The summed E-state index contributed by atoms with van der Waals surface area (Å²) in [6.07, 6.45) is 0.993. The smallest absolute Gasteiger partial charge is 0.326 e. The van der Waals surface area contributed by atoms with Gasteiger partial charge in [-0.3, -0.25) is 4.79 Å². The first-order valence-corrected chi connectivity index (χ1v) is 6.75. The van der Waals surface area contributed by atoms with Gasteiger partial charge in [-0.05, 0) is 6.07 Å². The second-order valence-corrected chi connectivity index (χ2v) is 5.37. The summed E-state index contributed by atoms with van der Waals surface area (Å²) in [5.74, 6) is -1.43. The van der Waals surface area contributed by atoms with Gasteiger partial charge >= 0.3 is 5.97 Å². The molecule has 0 saturated carbocycles. The highest BCUT2D eigenvalue weighted by atomic mass is 16.4. The Morgan fingerprint density at radius 3 is 2.71 bits per heavy atom. The molecule has 2 N–H and O–H groups in total. The number of carboxylic acids is 1. The molecule has 6 nitrogen and oxygen atoms in total. The number of aliphatic hydroxyl groups is 1. The maximum Gasteiger partial charge on any atom is 0.326 e. The number of hydrogen-bond donors (Lipinski definition) is 2. The number of nitrogens with zero attached hydrogens (tertiary/aromatic N) is 2. The van der Waals surface area contributed by atoms with Gasteiger partial charge in [0.2, 0.25) is 0 Å². The number of aromatic nitrogens is 1. The van der Waals surface area contributed by atoms with Crippen molar-refractivity contribution in [1.82, 2.24) is 9.47 Å². The lowest BCUT2D eigenvalue weighted by atomic mass is 10.1. The van der Waals surface area contributed by atoms with E-state index in [1.165, 1.54) is 4.90 Å². The lowest BCUT2D eigenvalue weighted by molar-refractivity contribution is -0.141. The number of fused-ring (bicyclic) bond motifs is 1. The van der Waals surface area contributed by atoms with Crippen LogP contribution in [0.5, 0.6) is 0 Å². The highest BCUT2D eigenvalue weighted by molar-refractivity contribution is 6.08. The molecule has 0 spiro atoms. The molecule has 2 atom stereocenters. The van der Waals surface area contributed by atoms with Crippen LogP contribution in [0.3, 0.4) is 0 Å². The molecule has 1 aromatic carbocycles. The summed E-state index contributed by atoms with van der Waals surface area (Å²) in [7, 11) is 1.84. The molecule has 6 heteroatoms. The van der Waals surface area contributed by atoms with Gasteiger partial charge in [-0.15, -0.1) is 0 Å². The van der Waals surface area contributed by atoms with E-state index in [1.54, 1.807) is 6.20 Å². The Hall–Kier alpha value is -2.34. The second-order valence-electron chi connectivity index (χ2n) is 5.37. The molecule has 0 bridgehead atoms. The first-order chi connectivity index (χ1) is 9.99. The Kier molecular flexibility index (Phi) is 3.17. The van der Waals surface area contributed by atoms with E-state index in [-0.39, 0.29) is 18.9 Å². The van der Waals surface area contributed by atoms with Crippen LogP contribution in [-0.4, -0.2) is 50.2 Å². The van der Waals surface area contributed by atoms with Crippen LogP contribution in [0.25, 0.3) is 10.9 Å². The van der Waals surface area contributed by atoms with Crippen LogP contribution in [0, 0.1) is 0 Å². The Morgan fingerprint density at radius 2 is 2.00 bits per heavy atom. The van der Waals surface area contributed by atoms with Gasteiger partial charge in [0.05, 0.1) is 11.7 Å². The number of hydrogen-bond acceptors (Lipinski definition) is 3. The van der Waals surface area contributed by atoms with Crippen molar-refractivity contribution in [3.8, 4) is 0 Å². The number of carbonyl (C=O) groups is 2. The predicted molar refractivity (Wildman–Crippen MR) is 76.0 cm³/mol. The van der Waals surface area contributed by atoms with Gasteiger partial charge in [0, 0.05) is 37.1 Å². The largest absolute Gasteiger partial charge is 0.480 e. The standard InChI is InChI=1S/C15H16N2O4/c1-16-8-11(10-4-2-3-5-12(10)16)14(19)17-7-9(18)6-13(17)15(20)21/h2-5,8-9,13,18H,6-7H2,1H3,(H,20,21)/t9?,13-/m0/s1. The molecule has 1 saturated heterocycles. The maximum atomic E-state index is 12.7. The van der Waals surface area contributed by atoms with Crippen LogP contribution in [0.1, 0.15) is 16.8 Å². The summed E-state index contributed by atoms with van der Waals surface area (Å²) in [4.78, 5) is 25.2. The van der Waals surface area contributed by atoms with E-state index in [2.05, 4.69) is 0 Å². The number of likely N-dealkylation sites (tertiary alicyclic amines) is 1. The van der Waals surface area contributed by atoms with Crippen LogP contribution in [0.4, 0.5) is 0 Å². The third-order valence-electron chi connectivity index (χ3n) is 3.95. The average molecular weight is 288 g/mol. The molecule has 0 radical (unpaired) electrons. The lowest BCUT2D eigenvalue weighted by Crippen LogP contribution is -2.40. The molecule has 1 aliphatic heterocycles. The quantitative estimate of drug-likeness (QED) is 0.858. The number of benzene rings is 1. The molecule has 21 heavy (non-hydrogen) atoms. The van der Waals surface area contributed by atoms with Gasteiger partial charge in [-0.25, -0.2) is 4.79 Å². The SMILES string of the molecule is Cn1cc(C(=O)N2CC(O)C[C@H]2C(=O)O)c2ccccc21. The fourth-order valence-electron chi connectivity index (χ4n) is 2.94. The number of carbonyl (C=O) groups excluding carboxylic acids is 1. The molecule has 2 heterocycles. The summed E-state index contributed by atoms with van der Waals surface area (Å²) in [5, 5.41) is 19.7. The number of aliphatic hydroxyl groups excluding tert-OH is 1. The van der Waals surface area contributed by atoms with Crippen molar-refractivity contribution in [2.45, 2.75) is 18.6 Å². The normalized spacial score (nSPS) is 21.9. The monoisotopic (exact) mass is 288 g/mol. The number of β-amino-alcohol motifs (C(OH)–C–C–N with tert-alkyl or cyclic N) is 1. The van der Waals surface area contributed by atoms with Gasteiger partial charge in [0.15, 0.2) is 0 Å². The number of amides is 1. The molecular formula is C15H16N2O4. The fraction of sp³-hybridized carbons (Fsp3) is 0.333. The van der Waals surface area contributed by atoms with Crippen molar-refractivity contribution in [3.63, 3.8) is 0 Å². The van der Waals surface area contributed by atoms with Gasteiger partial charge in [-0.1, -0.05) is 18.2 Å². The molecule has 0 aliphatic carbocycles. The first kappa shape index (κ1) is 13.6. The van der Waals surface area contributed by atoms with E-state index < -0.39 is 18.1 Å². The predicted octanol–water partition coefficient (Wildman–Crippen LogP) is 0.838. The number of para-hydroxylation sites is 1. The van der Waals surface area contributed by atoms with E-state index in [4.69, 9.17) is 0 Å². The fourth-order valence-corrected chi connectivity index (χ4v) is 2.94. The highest BCUT2D eigenvalue weighted by Gasteiger charge is 2.39. The zero-order chi connectivity index (χ0) is 15.1. The van der Waals surface area contributed by atoms with Crippen molar-refractivity contribution >= 4 is 22.8 Å². The molecule has 110 valence electrons. The van der Waals surface area contributed by atoms with E-state index in [1.807, 2.05) is 35.9 Å². The van der Waals surface area contributed by atoms with Crippen LogP contribution in [0.2, 0.25) is 0 Å². The van der Waals surface area contributed by atoms with Crippen molar-refractivity contribution in [2.75, 3.05) is 6.54 Å². The molecule has 3 rings (SSSR count). The summed E-state index contributed by atoms with van der Waals surface area (Å²) in [6.45, 7) is 0.0546. The van der Waals surface area contributed by atoms with E-state index in [0.29, 0.717) is 5.56 Å². The minimum absolute atomic E-state index is 0.0546. The molecular weight excluding hydrogens is 272 g/mol. The number of aliphatic carboxylic acids is 1. The van der Waals surface area contributed by atoms with Crippen molar-refractivity contribution in [1.29, 1.82) is 0 Å². The van der Waals surface area contributed by atoms with E-state index >= 15 is 0 Å². The third kappa shape index (κ3) is 2.17. The van der Waals surface area contributed by atoms with Crippen LogP contribution >= 0.6 is 0 Å². The van der Waals surface area contributed by atoms with Gasteiger partial charge in [0.1, 0.15) is 6.04 Å².